The van der Waals surface area contributed by atoms with Gasteiger partial charge >= 0.3 is 0 Å². The van der Waals surface area contributed by atoms with Crippen molar-refractivity contribution in [2.24, 2.45) is 5.92 Å². The SMILES string of the molecule is C[C@H]1CCCC[C@H]1NC(=O)c1cccc2c1SCCC2=O. The summed E-state index contributed by atoms with van der Waals surface area (Å²) in [7, 11) is 0. The van der Waals surface area contributed by atoms with E-state index in [0.29, 0.717) is 17.9 Å². The Kier molecular flexibility index (Phi) is 4.34. The molecule has 1 N–H and O–H groups in total. The molecule has 1 aliphatic carbocycles. The average Bonchev–Trinajstić information content (AvgIpc) is 2.49. The minimum Gasteiger partial charge on any atom is -0.349 e. The number of Topliss-reactive ketones (excluding diaryl/α,β-unsaturated/α-hetero) is 1. The van der Waals surface area contributed by atoms with Gasteiger partial charge in [0.05, 0.1) is 5.56 Å². The van der Waals surface area contributed by atoms with Crippen LogP contribution in [0.1, 0.15) is 59.7 Å². The van der Waals surface area contributed by atoms with Gasteiger partial charge in [-0.15, -0.1) is 11.8 Å². The van der Waals surface area contributed by atoms with Gasteiger partial charge < -0.3 is 5.32 Å². The smallest absolute Gasteiger partial charge is 0.252 e. The van der Waals surface area contributed by atoms with Gasteiger partial charge in [0.2, 0.25) is 0 Å². The third kappa shape index (κ3) is 3.00. The van der Waals surface area contributed by atoms with Crippen molar-refractivity contribution >= 4 is 23.5 Å². The molecule has 3 nitrogen and oxygen atoms in total. The standard InChI is InChI=1S/C17H21NO2S/c1-11-5-2-3-8-14(11)18-17(20)13-7-4-6-12-15(19)9-10-21-16(12)13/h4,6-7,11,14H,2-3,5,8-10H2,1H3,(H,18,20)/t11-,14+/m0/s1. The quantitative estimate of drug-likeness (QED) is 0.906. The lowest BCUT2D eigenvalue weighted by atomic mass is 9.86. The first-order chi connectivity index (χ1) is 10.2. The van der Waals surface area contributed by atoms with Crippen LogP contribution in [-0.4, -0.2) is 23.5 Å². The predicted octanol–water partition coefficient (Wildman–Crippen LogP) is 3.67. The number of fused-ring (bicyclic) bond motifs is 1. The summed E-state index contributed by atoms with van der Waals surface area (Å²) in [5, 5.41) is 3.19. The van der Waals surface area contributed by atoms with E-state index in [1.54, 1.807) is 11.8 Å². The highest BCUT2D eigenvalue weighted by Gasteiger charge is 2.27. The molecule has 1 amide bonds. The predicted molar refractivity (Wildman–Crippen MR) is 85.0 cm³/mol. The molecule has 0 saturated heterocycles. The summed E-state index contributed by atoms with van der Waals surface area (Å²) in [6.07, 6.45) is 5.27. The van der Waals surface area contributed by atoms with Crippen LogP contribution in [0.2, 0.25) is 0 Å². The summed E-state index contributed by atoms with van der Waals surface area (Å²) < 4.78 is 0. The molecule has 112 valence electrons. The Morgan fingerprint density at radius 3 is 2.90 bits per heavy atom. The Balaban J connectivity index is 1.82. The van der Waals surface area contributed by atoms with E-state index in [9.17, 15) is 9.59 Å². The third-order valence-electron chi connectivity index (χ3n) is 4.56. The van der Waals surface area contributed by atoms with Crippen LogP contribution in [0, 0.1) is 5.92 Å². The van der Waals surface area contributed by atoms with Crippen molar-refractivity contribution in [2.45, 2.75) is 50.0 Å². The summed E-state index contributed by atoms with van der Waals surface area (Å²) in [6, 6.07) is 5.77. The number of hydrogen-bond donors (Lipinski definition) is 1. The first-order valence-electron chi connectivity index (χ1n) is 7.76. The number of carbonyl (C=O) groups excluding carboxylic acids is 2. The highest BCUT2D eigenvalue weighted by atomic mass is 32.2. The lowest BCUT2D eigenvalue weighted by Crippen LogP contribution is -2.41. The van der Waals surface area contributed by atoms with Crippen molar-refractivity contribution in [3.63, 3.8) is 0 Å². The molecule has 1 fully saturated rings. The molecule has 1 aromatic rings. The second kappa shape index (κ2) is 6.22. The molecule has 1 aliphatic heterocycles. The topological polar surface area (TPSA) is 46.2 Å². The van der Waals surface area contributed by atoms with Gasteiger partial charge in [0.25, 0.3) is 5.91 Å². The number of nitrogens with one attached hydrogen (secondary N) is 1. The number of hydrogen-bond acceptors (Lipinski definition) is 3. The molecule has 1 heterocycles. The van der Waals surface area contributed by atoms with E-state index in [4.69, 9.17) is 0 Å². The summed E-state index contributed by atoms with van der Waals surface area (Å²) >= 11 is 1.63. The fourth-order valence-corrected chi connectivity index (χ4v) is 4.39. The minimum absolute atomic E-state index is 0.0206. The summed E-state index contributed by atoms with van der Waals surface area (Å²) in [6.45, 7) is 2.21. The van der Waals surface area contributed by atoms with E-state index >= 15 is 0 Å². The number of amides is 1. The molecule has 0 bridgehead atoms. The number of rotatable bonds is 2. The van der Waals surface area contributed by atoms with Crippen LogP contribution in [0.25, 0.3) is 0 Å². The van der Waals surface area contributed by atoms with E-state index in [2.05, 4.69) is 12.2 Å². The normalized spacial score (nSPS) is 25.3. The van der Waals surface area contributed by atoms with Gasteiger partial charge in [-0.1, -0.05) is 31.9 Å². The van der Waals surface area contributed by atoms with E-state index < -0.39 is 0 Å². The Labute approximate surface area is 129 Å². The maximum absolute atomic E-state index is 12.6. The number of carbonyl (C=O) groups is 2. The second-order valence-corrected chi connectivity index (χ2v) is 7.15. The molecule has 2 aliphatic rings. The van der Waals surface area contributed by atoms with Crippen LogP contribution >= 0.6 is 11.8 Å². The summed E-state index contributed by atoms with van der Waals surface area (Å²) in [5.41, 5.74) is 1.39. The van der Waals surface area contributed by atoms with Gasteiger partial charge in [-0.25, -0.2) is 0 Å². The van der Waals surface area contributed by atoms with Crippen LogP contribution in [0.15, 0.2) is 23.1 Å². The van der Waals surface area contributed by atoms with Crippen LogP contribution in [-0.2, 0) is 0 Å². The van der Waals surface area contributed by atoms with Crippen LogP contribution in [0.5, 0.6) is 0 Å². The van der Waals surface area contributed by atoms with Crippen molar-refractivity contribution in [2.75, 3.05) is 5.75 Å². The van der Waals surface area contributed by atoms with Crippen LogP contribution < -0.4 is 5.32 Å². The molecule has 3 rings (SSSR count). The molecular weight excluding hydrogens is 282 g/mol. The molecule has 0 radical (unpaired) electrons. The molecule has 21 heavy (non-hydrogen) atoms. The highest BCUT2D eigenvalue weighted by molar-refractivity contribution is 7.99. The Morgan fingerprint density at radius 2 is 2.10 bits per heavy atom. The van der Waals surface area contributed by atoms with Gasteiger partial charge in [-0.05, 0) is 24.8 Å². The molecule has 0 unspecified atom stereocenters. The van der Waals surface area contributed by atoms with Gasteiger partial charge in [-0.3, -0.25) is 9.59 Å². The number of thioether (sulfide) groups is 1. The van der Waals surface area contributed by atoms with E-state index in [1.807, 2.05) is 18.2 Å². The first-order valence-corrected chi connectivity index (χ1v) is 8.75. The summed E-state index contributed by atoms with van der Waals surface area (Å²) in [5.74, 6) is 1.45. The Hall–Kier alpha value is -1.29. The minimum atomic E-state index is -0.0206. The van der Waals surface area contributed by atoms with Crippen molar-refractivity contribution in [3.05, 3.63) is 29.3 Å². The van der Waals surface area contributed by atoms with Gasteiger partial charge in [-0.2, -0.15) is 0 Å². The molecule has 1 aromatic carbocycles. The zero-order valence-corrected chi connectivity index (χ0v) is 13.2. The maximum Gasteiger partial charge on any atom is 0.252 e. The van der Waals surface area contributed by atoms with Crippen molar-refractivity contribution in [1.82, 2.24) is 5.32 Å². The molecule has 1 saturated carbocycles. The van der Waals surface area contributed by atoms with Gasteiger partial charge in [0.1, 0.15) is 0 Å². The van der Waals surface area contributed by atoms with Crippen molar-refractivity contribution in [3.8, 4) is 0 Å². The van der Waals surface area contributed by atoms with Crippen LogP contribution in [0.3, 0.4) is 0 Å². The molecule has 0 spiro atoms. The highest BCUT2D eigenvalue weighted by Crippen LogP contribution is 2.33. The molecular formula is C17H21NO2S. The largest absolute Gasteiger partial charge is 0.349 e. The zero-order valence-electron chi connectivity index (χ0n) is 12.4. The van der Waals surface area contributed by atoms with E-state index in [-0.39, 0.29) is 17.7 Å². The first kappa shape index (κ1) is 14.6. The lowest BCUT2D eigenvalue weighted by Gasteiger charge is -2.30. The maximum atomic E-state index is 12.6. The number of benzene rings is 1. The fourth-order valence-electron chi connectivity index (χ4n) is 3.25. The Morgan fingerprint density at radius 1 is 1.29 bits per heavy atom. The number of ketones is 1. The Bertz CT molecular complexity index is 570. The molecule has 4 heteroatoms. The second-order valence-electron chi connectivity index (χ2n) is 6.05. The zero-order chi connectivity index (χ0) is 14.8. The molecule has 0 aromatic heterocycles. The van der Waals surface area contributed by atoms with Crippen LogP contribution in [0.4, 0.5) is 0 Å². The van der Waals surface area contributed by atoms with Crippen molar-refractivity contribution < 1.29 is 9.59 Å². The van der Waals surface area contributed by atoms with Crippen molar-refractivity contribution in [1.29, 1.82) is 0 Å². The monoisotopic (exact) mass is 303 g/mol. The van der Waals surface area contributed by atoms with Gasteiger partial charge in [0, 0.05) is 28.7 Å². The summed E-state index contributed by atoms with van der Waals surface area (Å²) in [4.78, 5) is 25.4. The lowest BCUT2D eigenvalue weighted by molar-refractivity contribution is 0.0907. The molecule has 2 atom stereocenters. The van der Waals surface area contributed by atoms with E-state index in [0.717, 1.165) is 22.6 Å². The van der Waals surface area contributed by atoms with E-state index in [1.165, 1.54) is 19.3 Å². The van der Waals surface area contributed by atoms with Gasteiger partial charge in [0.15, 0.2) is 5.78 Å². The average molecular weight is 303 g/mol. The fraction of sp³-hybridized carbons (Fsp3) is 0.529. The third-order valence-corrected chi connectivity index (χ3v) is 5.70.